The lowest BCUT2D eigenvalue weighted by molar-refractivity contribution is 0.416. The standard InChI is InChI=1S/C13H16ClN3O/c1-4-17-8(2)16-12(13(17)15)11-9(14)6-5-7-10(11)18-3/h5-7H,4,15H2,1-3H3. The maximum atomic E-state index is 6.23. The molecule has 0 saturated carbocycles. The van der Waals surface area contributed by atoms with E-state index in [-0.39, 0.29) is 0 Å². The number of ether oxygens (including phenoxy) is 1. The number of nitrogens with zero attached hydrogens (tertiary/aromatic N) is 2. The number of methoxy groups -OCH3 is 1. The Hall–Kier alpha value is -1.68. The summed E-state index contributed by atoms with van der Waals surface area (Å²) in [4.78, 5) is 4.49. The van der Waals surface area contributed by atoms with Crippen LogP contribution in [0.1, 0.15) is 12.7 Å². The number of nitrogens with two attached hydrogens (primary N) is 1. The van der Waals surface area contributed by atoms with Crippen molar-refractivity contribution in [2.45, 2.75) is 20.4 Å². The molecule has 4 nitrogen and oxygen atoms in total. The van der Waals surface area contributed by atoms with Crippen molar-refractivity contribution in [2.75, 3.05) is 12.8 Å². The molecule has 1 aromatic carbocycles. The Bertz CT molecular complexity index is 578. The Balaban J connectivity index is 2.69. The highest BCUT2D eigenvalue weighted by atomic mass is 35.5. The van der Waals surface area contributed by atoms with E-state index in [1.165, 1.54) is 0 Å². The van der Waals surface area contributed by atoms with Crippen LogP contribution in [0.2, 0.25) is 5.02 Å². The van der Waals surface area contributed by atoms with Crippen LogP contribution >= 0.6 is 11.6 Å². The summed E-state index contributed by atoms with van der Waals surface area (Å²) in [6.07, 6.45) is 0. The van der Waals surface area contributed by atoms with Gasteiger partial charge < -0.3 is 15.0 Å². The van der Waals surface area contributed by atoms with Crippen molar-refractivity contribution < 1.29 is 4.74 Å². The Morgan fingerprint density at radius 2 is 2.17 bits per heavy atom. The van der Waals surface area contributed by atoms with Gasteiger partial charge in [0, 0.05) is 6.54 Å². The molecule has 0 fully saturated rings. The van der Waals surface area contributed by atoms with Crippen LogP contribution in [0.4, 0.5) is 5.82 Å². The number of halogens is 1. The third-order valence-electron chi connectivity index (χ3n) is 2.95. The summed E-state index contributed by atoms with van der Waals surface area (Å²) in [5, 5.41) is 0.585. The molecule has 0 aliphatic heterocycles. The largest absolute Gasteiger partial charge is 0.496 e. The summed E-state index contributed by atoms with van der Waals surface area (Å²) < 4.78 is 7.27. The third kappa shape index (κ3) is 1.93. The van der Waals surface area contributed by atoms with Crippen molar-refractivity contribution in [3.05, 3.63) is 29.0 Å². The van der Waals surface area contributed by atoms with Crippen molar-refractivity contribution in [1.29, 1.82) is 0 Å². The summed E-state index contributed by atoms with van der Waals surface area (Å²) in [5.74, 6) is 2.16. The number of rotatable bonds is 3. The molecule has 0 aliphatic carbocycles. The van der Waals surface area contributed by atoms with Gasteiger partial charge in [-0.3, -0.25) is 0 Å². The van der Waals surface area contributed by atoms with Gasteiger partial charge in [-0.15, -0.1) is 0 Å². The molecule has 2 aromatic rings. The average Bonchev–Trinajstić information content (AvgIpc) is 2.63. The van der Waals surface area contributed by atoms with Gasteiger partial charge in [0.25, 0.3) is 0 Å². The molecule has 5 heteroatoms. The second-order valence-electron chi connectivity index (χ2n) is 3.95. The van der Waals surface area contributed by atoms with Crippen LogP contribution < -0.4 is 10.5 Å². The maximum absolute atomic E-state index is 6.23. The van der Waals surface area contributed by atoms with Crippen LogP contribution in [0, 0.1) is 6.92 Å². The van der Waals surface area contributed by atoms with Crippen molar-refractivity contribution >= 4 is 17.4 Å². The Morgan fingerprint density at radius 1 is 1.44 bits per heavy atom. The predicted molar refractivity (Wildman–Crippen MR) is 74.0 cm³/mol. The molecule has 0 spiro atoms. The van der Waals surface area contributed by atoms with E-state index in [4.69, 9.17) is 22.1 Å². The number of nitrogen functional groups attached to an aromatic ring is 1. The van der Waals surface area contributed by atoms with E-state index in [9.17, 15) is 0 Å². The van der Waals surface area contributed by atoms with Gasteiger partial charge in [0.05, 0.1) is 17.7 Å². The highest BCUT2D eigenvalue weighted by Gasteiger charge is 2.18. The summed E-state index contributed by atoms with van der Waals surface area (Å²) >= 11 is 6.23. The number of hydrogen-bond acceptors (Lipinski definition) is 3. The smallest absolute Gasteiger partial charge is 0.131 e. The zero-order valence-electron chi connectivity index (χ0n) is 10.7. The van der Waals surface area contributed by atoms with Gasteiger partial charge in [-0.05, 0) is 26.0 Å². The van der Waals surface area contributed by atoms with Gasteiger partial charge >= 0.3 is 0 Å². The van der Waals surface area contributed by atoms with Crippen LogP contribution in [0.3, 0.4) is 0 Å². The first-order valence-electron chi connectivity index (χ1n) is 5.75. The molecular weight excluding hydrogens is 250 g/mol. The molecule has 0 bridgehead atoms. The molecule has 2 N–H and O–H groups in total. The van der Waals surface area contributed by atoms with Crippen molar-refractivity contribution in [1.82, 2.24) is 9.55 Å². The summed E-state index contributed by atoms with van der Waals surface area (Å²) in [6.45, 7) is 4.72. The van der Waals surface area contributed by atoms with Gasteiger partial charge in [-0.1, -0.05) is 17.7 Å². The SMILES string of the molecule is CCn1c(C)nc(-c2c(Cl)cccc2OC)c1N. The first kappa shape index (κ1) is 12.8. The highest BCUT2D eigenvalue weighted by molar-refractivity contribution is 6.33. The summed E-state index contributed by atoms with van der Waals surface area (Å²) in [5.41, 5.74) is 7.55. The molecule has 0 amide bonds. The minimum Gasteiger partial charge on any atom is -0.496 e. The fourth-order valence-corrected chi connectivity index (χ4v) is 2.32. The van der Waals surface area contributed by atoms with E-state index in [2.05, 4.69) is 4.98 Å². The lowest BCUT2D eigenvalue weighted by Crippen LogP contribution is -2.02. The number of aryl methyl sites for hydroxylation is 1. The van der Waals surface area contributed by atoms with E-state index in [0.717, 1.165) is 17.9 Å². The van der Waals surface area contributed by atoms with Crippen LogP contribution in [0.25, 0.3) is 11.3 Å². The molecule has 0 unspecified atom stereocenters. The van der Waals surface area contributed by atoms with Crippen molar-refractivity contribution in [2.24, 2.45) is 0 Å². The third-order valence-corrected chi connectivity index (χ3v) is 3.26. The van der Waals surface area contributed by atoms with Crippen LogP contribution in [-0.4, -0.2) is 16.7 Å². The van der Waals surface area contributed by atoms with E-state index in [0.29, 0.717) is 22.3 Å². The fraction of sp³-hybridized carbons (Fsp3) is 0.308. The minimum absolute atomic E-state index is 0.585. The first-order valence-corrected chi connectivity index (χ1v) is 6.13. The topological polar surface area (TPSA) is 53.1 Å². The molecule has 1 aromatic heterocycles. The molecule has 0 atom stereocenters. The minimum atomic E-state index is 0.585. The van der Waals surface area contributed by atoms with Gasteiger partial charge in [-0.2, -0.15) is 0 Å². The molecule has 0 radical (unpaired) electrons. The molecule has 0 aliphatic rings. The molecule has 18 heavy (non-hydrogen) atoms. The van der Waals surface area contributed by atoms with E-state index >= 15 is 0 Å². The monoisotopic (exact) mass is 265 g/mol. The van der Waals surface area contributed by atoms with E-state index in [1.807, 2.05) is 30.5 Å². The predicted octanol–water partition coefficient (Wildman–Crippen LogP) is 3.12. The molecule has 96 valence electrons. The lowest BCUT2D eigenvalue weighted by Gasteiger charge is -2.09. The quantitative estimate of drug-likeness (QED) is 0.928. The molecule has 2 rings (SSSR count). The van der Waals surface area contributed by atoms with Crippen molar-refractivity contribution in [3.63, 3.8) is 0 Å². The van der Waals surface area contributed by atoms with Gasteiger partial charge in [0.15, 0.2) is 0 Å². The Morgan fingerprint density at radius 3 is 2.72 bits per heavy atom. The molecular formula is C13H16ClN3O. The molecule has 1 heterocycles. The summed E-state index contributed by atoms with van der Waals surface area (Å²) in [6, 6.07) is 5.49. The van der Waals surface area contributed by atoms with Gasteiger partial charge in [0.2, 0.25) is 0 Å². The fourth-order valence-electron chi connectivity index (χ4n) is 2.07. The first-order chi connectivity index (χ1) is 8.60. The Labute approximate surface area is 111 Å². The van der Waals surface area contributed by atoms with Crippen LogP contribution in [0.15, 0.2) is 18.2 Å². The second kappa shape index (κ2) is 4.90. The van der Waals surface area contributed by atoms with E-state index < -0.39 is 0 Å². The number of aromatic nitrogens is 2. The number of anilines is 1. The zero-order valence-corrected chi connectivity index (χ0v) is 11.5. The number of imidazole rings is 1. The van der Waals surface area contributed by atoms with Crippen LogP contribution in [0.5, 0.6) is 5.75 Å². The van der Waals surface area contributed by atoms with Gasteiger partial charge in [-0.25, -0.2) is 4.98 Å². The van der Waals surface area contributed by atoms with Crippen molar-refractivity contribution in [3.8, 4) is 17.0 Å². The summed E-state index contributed by atoms with van der Waals surface area (Å²) in [7, 11) is 1.61. The van der Waals surface area contributed by atoms with Gasteiger partial charge in [0.1, 0.15) is 23.1 Å². The van der Waals surface area contributed by atoms with Crippen LogP contribution in [-0.2, 0) is 6.54 Å². The number of benzene rings is 1. The molecule has 0 saturated heterocycles. The zero-order chi connectivity index (χ0) is 13.3. The highest BCUT2D eigenvalue weighted by Crippen LogP contribution is 2.38. The normalized spacial score (nSPS) is 10.7. The Kier molecular flexibility index (Phi) is 3.48. The maximum Gasteiger partial charge on any atom is 0.131 e. The lowest BCUT2D eigenvalue weighted by atomic mass is 10.1. The number of hydrogen-bond donors (Lipinski definition) is 1. The van der Waals surface area contributed by atoms with E-state index in [1.54, 1.807) is 13.2 Å². The average molecular weight is 266 g/mol. The second-order valence-corrected chi connectivity index (χ2v) is 4.36.